The molecule has 0 radical (unpaired) electrons. The molecule has 0 spiro atoms. The average molecular weight is 540 g/mol. The van der Waals surface area contributed by atoms with Crippen molar-refractivity contribution < 1.29 is 31.1 Å². The van der Waals surface area contributed by atoms with E-state index in [1.165, 1.54) is 13.1 Å². The van der Waals surface area contributed by atoms with Crippen LogP contribution in [0.25, 0.3) is 0 Å². The Morgan fingerprint density at radius 2 is 1.76 bits per heavy atom. The van der Waals surface area contributed by atoms with Crippen molar-refractivity contribution in [2.45, 2.75) is 25.3 Å². The third-order valence-corrected chi connectivity index (χ3v) is 4.15. The zero-order chi connectivity index (χ0) is 20.8. The Kier molecular flexibility index (Phi) is 9.79. The fraction of sp³-hybridized carbons (Fsp3) is 0.588. The van der Waals surface area contributed by atoms with E-state index < -0.39 is 30.9 Å². The number of hydrogen-bond acceptors (Lipinski definition) is 3. The van der Waals surface area contributed by atoms with Gasteiger partial charge in [0.2, 0.25) is 0 Å². The highest BCUT2D eigenvalue weighted by molar-refractivity contribution is 14.0. The van der Waals surface area contributed by atoms with Gasteiger partial charge in [-0.15, -0.1) is 24.0 Å². The largest absolute Gasteiger partial charge is 0.416 e. The maximum Gasteiger partial charge on any atom is 0.416 e. The first-order chi connectivity index (χ1) is 13.1. The van der Waals surface area contributed by atoms with Crippen molar-refractivity contribution >= 4 is 35.6 Å². The highest BCUT2D eigenvalue weighted by atomic mass is 127. The molecule has 1 heterocycles. The quantitative estimate of drug-likeness (QED) is 0.259. The van der Waals surface area contributed by atoms with Crippen molar-refractivity contribution in [3.05, 3.63) is 29.3 Å². The molecule has 1 aliphatic rings. The van der Waals surface area contributed by atoms with Gasteiger partial charge in [-0.2, -0.15) is 26.3 Å². The number of hydrogen-bond donors (Lipinski definition) is 2. The van der Waals surface area contributed by atoms with Gasteiger partial charge in [0.05, 0.1) is 25.2 Å². The molecule has 0 amide bonds. The number of guanidine groups is 1. The van der Waals surface area contributed by atoms with Gasteiger partial charge < -0.3 is 20.3 Å². The van der Waals surface area contributed by atoms with Gasteiger partial charge in [0.1, 0.15) is 0 Å². The molecule has 12 heteroatoms. The van der Waals surface area contributed by atoms with Crippen LogP contribution in [0.5, 0.6) is 0 Å². The highest BCUT2D eigenvalue weighted by Gasteiger charge is 2.34. The summed E-state index contributed by atoms with van der Waals surface area (Å²) in [6.07, 6.45) is -9.97. The van der Waals surface area contributed by atoms with Gasteiger partial charge >= 0.3 is 12.4 Å². The summed E-state index contributed by atoms with van der Waals surface area (Å²) in [5.41, 5.74) is -0.370. The summed E-state index contributed by atoms with van der Waals surface area (Å²) in [5.74, 6) is -0.00497. The molecule has 0 unspecified atom stereocenters. The summed E-state index contributed by atoms with van der Waals surface area (Å²) in [6.45, 7) is 1.25. The van der Waals surface area contributed by atoms with E-state index in [0.29, 0.717) is 32.0 Å². The zero-order valence-corrected chi connectivity index (χ0v) is 18.0. The summed E-state index contributed by atoms with van der Waals surface area (Å²) < 4.78 is 82.3. The normalized spacial score (nSPS) is 15.7. The molecule has 0 atom stereocenters. The maximum atomic E-state index is 13.5. The predicted octanol–water partition coefficient (Wildman–Crippen LogP) is 3.78. The SMILES string of the molecule is CN=C(NCCC(F)(F)F)NCc1ccc(N2CCOCC2)cc1C(F)(F)F.I. The lowest BCUT2D eigenvalue weighted by molar-refractivity contribution is -0.138. The number of nitrogens with zero attached hydrogens (tertiary/aromatic N) is 2. The standard InChI is InChI=1S/C17H22F6N4O.HI/c1-24-15(25-5-4-16(18,19)20)26-11-12-2-3-13(10-14(12)17(21,22)23)27-6-8-28-9-7-27;/h2-3,10H,4-9,11H2,1H3,(H2,24,25,26);1H. The van der Waals surface area contributed by atoms with Crippen molar-refractivity contribution in [3.63, 3.8) is 0 Å². The summed E-state index contributed by atoms with van der Waals surface area (Å²) in [6, 6.07) is 4.04. The van der Waals surface area contributed by atoms with Crippen LogP contribution in [-0.4, -0.2) is 52.0 Å². The molecule has 1 aromatic rings. The Morgan fingerprint density at radius 1 is 1.10 bits per heavy atom. The second kappa shape index (κ2) is 11.1. The minimum Gasteiger partial charge on any atom is -0.378 e. The molecule has 1 aliphatic heterocycles. The van der Waals surface area contributed by atoms with Crippen LogP contribution in [0, 0.1) is 0 Å². The molecule has 1 fully saturated rings. The molecule has 0 aromatic heterocycles. The summed E-state index contributed by atoms with van der Waals surface area (Å²) in [5, 5.41) is 5.05. The van der Waals surface area contributed by atoms with E-state index in [4.69, 9.17) is 4.74 Å². The molecule has 2 rings (SSSR count). The lowest BCUT2D eigenvalue weighted by atomic mass is 10.0. The van der Waals surface area contributed by atoms with Crippen LogP contribution in [0.2, 0.25) is 0 Å². The molecule has 0 bridgehead atoms. The first-order valence-corrected chi connectivity index (χ1v) is 8.64. The van der Waals surface area contributed by atoms with Crippen molar-refractivity contribution in [1.29, 1.82) is 0 Å². The van der Waals surface area contributed by atoms with Crippen LogP contribution in [0.1, 0.15) is 17.5 Å². The third-order valence-electron chi connectivity index (χ3n) is 4.15. The van der Waals surface area contributed by atoms with E-state index in [9.17, 15) is 26.3 Å². The molecular weight excluding hydrogens is 517 g/mol. The van der Waals surface area contributed by atoms with Gasteiger partial charge in [-0.05, 0) is 17.7 Å². The molecule has 166 valence electrons. The lowest BCUT2D eigenvalue weighted by Crippen LogP contribution is -2.39. The molecule has 0 saturated carbocycles. The molecular formula is C17H23F6IN4O. The van der Waals surface area contributed by atoms with Gasteiger partial charge in [-0.1, -0.05) is 6.07 Å². The Balaban J connectivity index is 0.00000420. The highest BCUT2D eigenvalue weighted by Crippen LogP contribution is 2.35. The monoisotopic (exact) mass is 540 g/mol. The lowest BCUT2D eigenvalue weighted by Gasteiger charge is -2.29. The topological polar surface area (TPSA) is 48.9 Å². The number of aliphatic imine (C=N–C) groups is 1. The van der Waals surface area contributed by atoms with E-state index in [0.717, 1.165) is 6.07 Å². The third kappa shape index (κ3) is 8.44. The Hall–Kier alpha value is -1.44. The smallest absolute Gasteiger partial charge is 0.378 e. The van der Waals surface area contributed by atoms with Crippen LogP contribution >= 0.6 is 24.0 Å². The number of morpholine rings is 1. The first-order valence-electron chi connectivity index (χ1n) is 8.64. The summed E-state index contributed by atoms with van der Waals surface area (Å²) >= 11 is 0. The minimum atomic E-state index is -4.56. The number of alkyl halides is 6. The van der Waals surface area contributed by atoms with Gasteiger partial charge in [-0.25, -0.2) is 0 Å². The zero-order valence-electron chi connectivity index (χ0n) is 15.7. The Morgan fingerprint density at radius 3 is 2.31 bits per heavy atom. The second-order valence-corrected chi connectivity index (χ2v) is 6.16. The van der Waals surface area contributed by atoms with Gasteiger partial charge in [0, 0.05) is 38.9 Å². The van der Waals surface area contributed by atoms with Crippen LogP contribution in [0.3, 0.4) is 0 Å². The molecule has 29 heavy (non-hydrogen) atoms. The number of anilines is 1. The second-order valence-electron chi connectivity index (χ2n) is 6.16. The van der Waals surface area contributed by atoms with Crippen LogP contribution in [0.15, 0.2) is 23.2 Å². The number of ether oxygens (including phenoxy) is 1. The van der Waals surface area contributed by atoms with Crippen LogP contribution in [0.4, 0.5) is 32.0 Å². The summed E-state index contributed by atoms with van der Waals surface area (Å²) in [4.78, 5) is 5.54. The van der Waals surface area contributed by atoms with E-state index in [1.54, 1.807) is 6.07 Å². The van der Waals surface area contributed by atoms with Crippen molar-refractivity contribution in [3.8, 4) is 0 Å². The van der Waals surface area contributed by atoms with Crippen LogP contribution in [-0.2, 0) is 17.5 Å². The van der Waals surface area contributed by atoms with Crippen molar-refractivity contribution in [1.82, 2.24) is 10.6 Å². The van der Waals surface area contributed by atoms with Crippen LogP contribution < -0.4 is 15.5 Å². The molecule has 0 aliphatic carbocycles. The first kappa shape index (κ1) is 25.6. The number of halogens is 7. The predicted molar refractivity (Wildman–Crippen MR) is 109 cm³/mol. The molecule has 1 aromatic carbocycles. The fourth-order valence-corrected chi connectivity index (χ4v) is 2.72. The van der Waals surface area contributed by atoms with Gasteiger partial charge in [0.15, 0.2) is 5.96 Å². The van der Waals surface area contributed by atoms with E-state index in [2.05, 4.69) is 15.6 Å². The molecule has 5 nitrogen and oxygen atoms in total. The van der Waals surface area contributed by atoms with Gasteiger partial charge in [-0.3, -0.25) is 4.99 Å². The van der Waals surface area contributed by atoms with E-state index >= 15 is 0 Å². The minimum absolute atomic E-state index is 0. The maximum absolute atomic E-state index is 13.5. The number of nitrogens with one attached hydrogen (secondary N) is 2. The Bertz CT molecular complexity index is 675. The Labute approximate surface area is 181 Å². The number of benzene rings is 1. The van der Waals surface area contributed by atoms with E-state index in [1.807, 2.05) is 4.90 Å². The molecule has 1 saturated heterocycles. The van der Waals surface area contributed by atoms with Crippen molar-refractivity contribution in [2.75, 3.05) is 44.8 Å². The van der Waals surface area contributed by atoms with Crippen molar-refractivity contribution in [2.24, 2.45) is 4.99 Å². The fourth-order valence-electron chi connectivity index (χ4n) is 2.72. The summed E-state index contributed by atoms with van der Waals surface area (Å²) in [7, 11) is 1.33. The number of rotatable bonds is 5. The molecule has 2 N–H and O–H groups in total. The average Bonchev–Trinajstić information content (AvgIpc) is 2.63. The van der Waals surface area contributed by atoms with Gasteiger partial charge in [0.25, 0.3) is 0 Å². The van der Waals surface area contributed by atoms with E-state index in [-0.39, 0.29) is 42.0 Å².